The lowest BCUT2D eigenvalue weighted by Gasteiger charge is -2.38. The van der Waals surface area contributed by atoms with Crippen LogP contribution in [0.4, 0.5) is 0 Å². The fourth-order valence-electron chi connectivity index (χ4n) is 4.11. The van der Waals surface area contributed by atoms with Crippen LogP contribution in [-0.4, -0.2) is 38.0 Å². The van der Waals surface area contributed by atoms with Crippen molar-refractivity contribution in [2.24, 2.45) is 0 Å². The molecule has 1 fully saturated rings. The second kappa shape index (κ2) is 9.85. The summed E-state index contributed by atoms with van der Waals surface area (Å²) >= 11 is 0. The highest BCUT2D eigenvalue weighted by Crippen LogP contribution is 2.30. The third kappa shape index (κ3) is 5.43. The first kappa shape index (κ1) is 20.6. The Labute approximate surface area is 164 Å². The topological polar surface area (TPSA) is 46.6 Å². The molecule has 0 radical (unpaired) electrons. The first-order chi connectivity index (χ1) is 13.1. The Hall–Kier alpha value is -1.17. The molecule has 0 amide bonds. The maximum Gasteiger partial charge on any atom is 0.243 e. The van der Waals surface area contributed by atoms with Gasteiger partial charge in [-0.15, -0.1) is 0 Å². The van der Waals surface area contributed by atoms with Gasteiger partial charge in [0.05, 0.1) is 17.0 Å². The van der Waals surface area contributed by atoms with Gasteiger partial charge in [0, 0.05) is 13.2 Å². The molecule has 2 aliphatic rings. The summed E-state index contributed by atoms with van der Waals surface area (Å²) < 4.78 is 34.9. The van der Waals surface area contributed by atoms with E-state index in [1.54, 1.807) is 16.4 Å². The third-order valence-corrected chi connectivity index (χ3v) is 7.62. The number of benzene rings is 1. The maximum atomic E-state index is 13.5. The van der Waals surface area contributed by atoms with E-state index in [1.807, 2.05) is 25.1 Å². The molecule has 1 aromatic rings. The molecular weight excluding hydrogens is 358 g/mol. The highest BCUT2D eigenvalue weighted by molar-refractivity contribution is 7.89. The number of fused-ring (bicyclic) bond motifs is 1. The molecule has 1 aliphatic carbocycles. The molecule has 1 heterocycles. The fourth-order valence-corrected chi connectivity index (χ4v) is 5.74. The van der Waals surface area contributed by atoms with Crippen LogP contribution in [0.2, 0.25) is 0 Å². The molecule has 2 atom stereocenters. The van der Waals surface area contributed by atoms with Gasteiger partial charge in [-0.2, -0.15) is 4.31 Å². The monoisotopic (exact) mass is 391 g/mol. The lowest BCUT2D eigenvalue weighted by atomic mass is 9.92. The number of allylic oxidation sites excluding steroid dienone is 1. The number of sulfonamides is 1. The first-order valence-electron chi connectivity index (χ1n) is 10.4. The van der Waals surface area contributed by atoms with Crippen molar-refractivity contribution in [2.75, 3.05) is 13.2 Å². The number of nitrogens with zero attached hydrogens (tertiary/aromatic N) is 1. The molecule has 1 aliphatic heterocycles. The molecule has 1 saturated carbocycles. The van der Waals surface area contributed by atoms with Crippen molar-refractivity contribution in [3.8, 4) is 0 Å². The average molecular weight is 392 g/mol. The first-order valence-corrected chi connectivity index (χ1v) is 11.9. The third-order valence-electron chi connectivity index (χ3n) is 5.71. The summed E-state index contributed by atoms with van der Waals surface area (Å²) in [5.41, 5.74) is 1.07. The predicted octanol–water partition coefficient (Wildman–Crippen LogP) is 4.83. The zero-order chi connectivity index (χ0) is 19.1. The number of hydrogen-bond donors (Lipinski definition) is 0. The molecule has 3 rings (SSSR count). The van der Waals surface area contributed by atoms with Crippen LogP contribution in [-0.2, 0) is 14.8 Å². The summed E-state index contributed by atoms with van der Waals surface area (Å²) in [5.74, 6) is 0. The minimum absolute atomic E-state index is 0.00752. The summed E-state index contributed by atoms with van der Waals surface area (Å²) in [6.07, 6.45) is 13.9. The van der Waals surface area contributed by atoms with Gasteiger partial charge in [-0.05, 0) is 51.2 Å². The van der Waals surface area contributed by atoms with Crippen LogP contribution < -0.4 is 0 Å². The zero-order valence-electron chi connectivity index (χ0n) is 16.5. The molecule has 0 aromatic heterocycles. The van der Waals surface area contributed by atoms with Crippen molar-refractivity contribution in [3.63, 3.8) is 0 Å². The van der Waals surface area contributed by atoms with E-state index in [4.69, 9.17) is 4.74 Å². The van der Waals surface area contributed by atoms with E-state index >= 15 is 0 Å². The minimum atomic E-state index is -3.54. The molecule has 0 bridgehead atoms. The van der Waals surface area contributed by atoms with Crippen LogP contribution in [0.25, 0.3) is 0 Å². The number of rotatable bonds is 2. The molecule has 4 nitrogen and oxygen atoms in total. The highest BCUT2D eigenvalue weighted by atomic mass is 32.2. The van der Waals surface area contributed by atoms with E-state index in [2.05, 4.69) is 6.08 Å². The number of aryl methyl sites for hydroxylation is 1. The smallest absolute Gasteiger partial charge is 0.243 e. The lowest BCUT2D eigenvalue weighted by Crippen LogP contribution is -2.49. The Kier molecular flexibility index (Phi) is 7.50. The molecule has 150 valence electrons. The van der Waals surface area contributed by atoms with E-state index in [9.17, 15) is 8.42 Å². The molecule has 0 N–H and O–H groups in total. The van der Waals surface area contributed by atoms with Crippen LogP contribution in [0.1, 0.15) is 63.4 Å². The van der Waals surface area contributed by atoms with E-state index in [-0.39, 0.29) is 12.1 Å². The molecule has 5 heteroatoms. The van der Waals surface area contributed by atoms with Gasteiger partial charge in [0.25, 0.3) is 0 Å². The number of hydrogen-bond acceptors (Lipinski definition) is 3. The van der Waals surface area contributed by atoms with Crippen molar-refractivity contribution >= 4 is 10.0 Å². The normalized spacial score (nSPS) is 27.6. The van der Waals surface area contributed by atoms with Gasteiger partial charge in [-0.1, -0.05) is 55.5 Å². The summed E-state index contributed by atoms with van der Waals surface area (Å²) in [4.78, 5) is 0.384. The largest absolute Gasteiger partial charge is 0.377 e. The molecule has 0 spiro atoms. The Morgan fingerprint density at radius 2 is 1.67 bits per heavy atom. The van der Waals surface area contributed by atoms with Crippen molar-refractivity contribution in [1.82, 2.24) is 4.31 Å². The minimum Gasteiger partial charge on any atom is -0.377 e. The Balaban J connectivity index is 1.90. The van der Waals surface area contributed by atoms with E-state index in [1.165, 1.54) is 12.8 Å². The van der Waals surface area contributed by atoms with Crippen molar-refractivity contribution < 1.29 is 13.2 Å². The molecule has 27 heavy (non-hydrogen) atoms. The summed E-state index contributed by atoms with van der Waals surface area (Å²) in [6.45, 7) is 3.15. The van der Waals surface area contributed by atoms with Gasteiger partial charge in [-0.25, -0.2) is 8.42 Å². The van der Waals surface area contributed by atoms with Gasteiger partial charge in [-0.3, -0.25) is 0 Å². The van der Waals surface area contributed by atoms with Crippen LogP contribution in [0.15, 0.2) is 41.3 Å². The molecule has 0 saturated heterocycles. The van der Waals surface area contributed by atoms with Crippen molar-refractivity contribution in [1.29, 1.82) is 0 Å². The summed E-state index contributed by atoms with van der Waals surface area (Å²) in [6, 6.07) is 7.13. The SMILES string of the molecule is Cc1ccc(S(=O)(=O)N2C/C=C/CCCCCCO[C@@H]3CCCC[C@H]32)cc1. The Morgan fingerprint density at radius 1 is 0.926 bits per heavy atom. The van der Waals surface area contributed by atoms with Crippen LogP contribution in [0.3, 0.4) is 0 Å². The summed E-state index contributed by atoms with van der Waals surface area (Å²) in [5, 5.41) is 0. The maximum absolute atomic E-state index is 13.5. The quantitative estimate of drug-likeness (QED) is 0.678. The van der Waals surface area contributed by atoms with Crippen LogP contribution >= 0.6 is 0 Å². The lowest BCUT2D eigenvalue weighted by molar-refractivity contribution is -0.0149. The Bertz CT molecular complexity index is 712. The second-order valence-electron chi connectivity index (χ2n) is 7.82. The summed E-state index contributed by atoms with van der Waals surface area (Å²) in [7, 11) is -3.54. The van der Waals surface area contributed by atoms with Gasteiger partial charge >= 0.3 is 0 Å². The zero-order valence-corrected chi connectivity index (χ0v) is 17.3. The molecular formula is C22H33NO3S. The average Bonchev–Trinajstić information content (AvgIpc) is 2.68. The van der Waals surface area contributed by atoms with E-state index in [0.717, 1.165) is 57.1 Å². The van der Waals surface area contributed by atoms with Gasteiger partial charge < -0.3 is 4.74 Å². The van der Waals surface area contributed by atoms with Crippen LogP contribution in [0.5, 0.6) is 0 Å². The van der Waals surface area contributed by atoms with Gasteiger partial charge in [0.1, 0.15) is 0 Å². The second-order valence-corrected chi connectivity index (χ2v) is 9.71. The van der Waals surface area contributed by atoms with E-state index < -0.39 is 10.0 Å². The highest BCUT2D eigenvalue weighted by Gasteiger charge is 2.37. The Morgan fingerprint density at radius 3 is 2.48 bits per heavy atom. The number of ether oxygens (including phenoxy) is 1. The van der Waals surface area contributed by atoms with Gasteiger partial charge in [0.15, 0.2) is 0 Å². The predicted molar refractivity (Wildman–Crippen MR) is 109 cm³/mol. The van der Waals surface area contributed by atoms with E-state index in [0.29, 0.717) is 11.4 Å². The molecule has 0 unspecified atom stereocenters. The van der Waals surface area contributed by atoms with Crippen molar-refractivity contribution in [3.05, 3.63) is 42.0 Å². The van der Waals surface area contributed by atoms with Crippen molar-refractivity contribution in [2.45, 2.75) is 81.8 Å². The standard InChI is InChI=1S/C22H33NO3S/c1-19-13-15-20(16-14-19)27(24,25)23-17-9-5-3-2-4-6-10-18-26-22-12-8-7-11-21(22)23/h5,9,13-16,21-22H,2-4,6-8,10-12,17-18H2,1H3/b9-5+/t21-,22-/m1/s1. The van der Waals surface area contributed by atoms with Gasteiger partial charge in [0.2, 0.25) is 10.0 Å². The molecule has 1 aromatic carbocycles. The van der Waals surface area contributed by atoms with Crippen LogP contribution in [0, 0.1) is 6.92 Å². The fraction of sp³-hybridized carbons (Fsp3) is 0.636.